The second kappa shape index (κ2) is 8.36. The number of benzene rings is 1. The average molecular weight is 330 g/mol. The molecule has 132 valence electrons. The van der Waals surface area contributed by atoms with E-state index in [9.17, 15) is 4.79 Å². The number of hydrogen-bond donors (Lipinski definition) is 0. The van der Waals surface area contributed by atoms with Crippen LogP contribution in [-0.2, 0) is 11.2 Å². The summed E-state index contributed by atoms with van der Waals surface area (Å²) in [7, 11) is 3.42. The monoisotopic (exact) mass is 330 g/mol. The zero-order chi connectivity index (χ0) is 17.6. The molecule has 2 atom stereocenters. The standard InChI is InChI=1S/C21H30O3/c1-16-8-7-10-18(9-5-6-13-22)21(16,2)15-17-14-19(23-3)11-12-20(17)24-4/h10-14,16H,5-9,15H2,1-4H3. The maximum Gasteiger partial charge on any atom is 0.122 e. The van der Waals surface area contributed by atoms with E-state index in [1.165, 1.54) is 17.6 Å². The van der Waals surface area contributed by atoms with E-state index in [0.29, 0.717) is 12.3 Å². The Labute approximate surface area is 146 Å². The van der Waals surface area contributed by atoms with Gasteiger partial charge >= 0.3 is 0 Å². The first-order valence-corrected chi connectivity index (χ1v) is 8.89. The number of unbranched alkanes of at least 4 members (excludes halogenated alkanes) is 1. The van der Waals surface area contributed by atoms with Crippen LogP contribution in [0.25, 0.3) is 0 Å². The van der Waals surface area contributed by atoms with Crippen molar-refractivity contribution in [1.82, 2.24) is 0 Å². The SMILES string of the molecule is COc1ccc(OC)c(CC2(C)C(CCCC=O)=CCCC2C)c1. The summed E-state index contributed by atoms with van der Waals surface area (Å²) in [6.45, 7) is 4.71. The minimum absolute atomic E-state index is 0.0980. The molecular formula is C21H30O3. The average Bonchev–Trinajstić information content (AvgIpc) is 2.59. The van der Waals surface area contributed by atoms with Crippen LogP contribution in [0.5, 0.6) is 11.5 Å². The molecule has 0 N–H and O–H groups in total. The summed E-state index contributed by atoms with van der Waals surface area (Å²) in [6, 6.07) is 6.02. The van der Waals surface area contributed by atoms with Gasteiger partial charge in [0, 0.05) is 6.42 Å². The predicted octanol–water partition coefficient (Wildman–Crippen LogP) is 4.98. The lowest BCUT2D eigenvalue weighted by atomic mass is 9.63. The highest BCUT2D eigenvalue weighted by atomic mass is 16.5. The van der Waals surface area contributed by atoms with Crippen LogP contribution in [0.2, 0.25) is 0 Å². The number of allylic oxidation sites excluding steroid dienone is 2. The molecule has 1 aliphatic carbocycles. The molecule has 0 heterocycles. The number of carbonyl (C=O) groups is 1. The zero-order valence-electron chi connectivity index (χ0n) is 15.4. The Hall–Kier alpha value is -1.77. The highest BCUT2D eigenvalue weighted by Gasteiger charge is 2.37. The third-order valence-electron chi connectivity index (χ3n) is 5.62. The summed E-state index contributed by atoms with van der Waals surface area (Å²) in [5, 5.41) is 0. The van der Waals surface area contributed by atoms with Crippen molar-refractivity contribution in [3.8, 4) is 11.5 Å². The molecule has 1 aliphatic rings. The minimum Gasteiger partial charge on any atom is -0.497 e. The normalized spacial score (nSPS) is 23.5. The third kappa shape index (κ3) is 4.00. The van der Waals surface area contributed by atoms with Crippen LogP contribution in [0.4, 0.5) is 0 Å². The molecule has 24 heavy (non-hydrogen) atoms. The van der Waals surface area contributed by atoms with Crippen LogP contribution in [0.3, 0.4) is 0 Å². The number of carbonyl (C=O) groups excluding carboxylic acids is 1. The lowest BCUT2D eigenvalue weighted by Crippen LogP contribution is -2.33. The first-order chi connectivity index (χ1) is 11.5. The van der Waals surface area contributed by atoms with Gasteiger partial charge in [0.1, 0.15) is 17.8 Å². The Morgan fingerprint density at radius 1 is 1.29 bits per heavy atom. The first-order valence-electron chi connectivity index (χ1n) is 8.89. The summed E-state index contributed by atoms with van der Waals surface area (Å²) in [4.78, 5) is 10.7. The number of methoxy groups -OCH3 is 2. The molecule has 0 aromatic heterocycles. The topological polar surface area (TPSA) is 35.5 Å². The summed E-state index contributed by atoms with van der Waals surface area (Å²) < 4.78 is 11.0. The zero-order valence-corrected chi connectivity index (χ0v) is 15.4. The molecule has 0 aliphatic heterocycles. The second-order valence-electron chi connectivity index (χ2n) is 7.04. The van der Waals surface area contributed by atoms with Gasteiger partial charge in [-0.2, -0.15) is 0 Å². The molecule has 0 fully saturated rings. The van der Waals surface area contributed by atoms with E-state index < -0.39 is 0 Å². The molecule has 0 spiro atoms. The fourth-order valence-corrected chi connectivity index (χ4v) is 3.84. The fraction of sp³-hybridized carbons (Fsp3) is 0.571. The van der Waals surface area contributed by atoms with Gasteiger partial charge in [0.05, 0.1) is 14.2 Å². The number of ether oxygens (including phenoxy) is 2. The smallest absolute Gasteiger partial charge is 0.122 e. The summed E-state index contributed by atoms with van der Waals surface area (Å²) in [5.74, 6) is 2.39. The van der Waals surface area contributed by atoms with Gasteiger partial charge < -0.3 is 14.3 Å². The first kappa shape index (κ1) is 18.6. The Bertz CT molecular complexity index is 591. The fourth-order valence-electron chi connectivity index (χ4n) is 3.84. The van der Waals surface area contributed by atoms with Crippen LogP contribution in [0.15, 0.2) is 29.8 Å². The molecule has 0 saturated heterocycles. The van der Waals surface area contributed by atoms with Crippen molar-refractivity contribution >= 4 is 6.29 Å². The minimum atomic E-state index is 0.0980. The number of aldehydes is 1. The van der Waals surface area contributed by atoms with Crippen molar-refractivity contribution in [2.45, 2.75) is 52.4 Å². The van der Waals surface area contributed by atoms with Crippen molar-refractivity contribution in [3.05, 3.63) is 35.4 Å². The van der Waals surface area contributed by atoms with E-state index in [1.807, 2.05) is 12.1 Å². The third-order valence-corrected chi connectivity index (χ3v) is 5.62. The van der Waals surface area contributed by atoms with Gasteiger partial charge in [0.15, 0.2) is 0 Å². The lowest BCUT2D eigenvalue weighted by Gasteiger charge is -2.42. The molecule has 0 bridgehead atoms. The van der Waals surface area contributed by atoms with Crippen molar-refractivity contribution in [1.29, 1.82) is 0 Å². The summed E-state index contributed by atoms with van der Waals surface area (Å²) >= 11 is 0. The second-order valence-corrected chi connectivity index (χ2v) is 7.04. The van der Waals surface area contributed by atoms with Gasteiger partial charge in [-0.25, -0.2) is 0 Å². The molecule has 0 saturated carbocycles. The summed E-state index contributed by atoms with van der Waals surface area (Å²) in [6.07, 6.45) is 9.29. The van der Waals surface area contributed by atoms with Crippen LogP contribution in [0.1, 0.15) is 51.5 Å². The molecule has 3 heteroatoms. The highest BCUT2D eigenvalue weighted by molar-refractivity contribution is 5.49. The van der Waals surface area contributed by atoms with Crippen molar-refractivity contribution in [3.63, 3.8) is 0 Å². The van der Waals surface area contributed by atoms with Gasteiger partial charge in [-0.1, -0.05) is 25.5 Å². The van der Waals surface area contributed by atoms with Gasteiger partial charge in [-0.05, 0) is 67.2 Å². The van der Waals surface area contributed by atoms with E-state index in [0.717, 1.165) is 43.5 Å². The Kier molecular flexibility index (Phi) is 6.47. The van der Waals surface area contributed by atoms with Gasteiger partial charge in [0.25, 0.3) is 0 Å². The maximum atomic E-state index is 10.7. The van der Waals surface area contributed by atoms with Gasteiger partial charge in [0.2, 0.25) is 0 Å². The molecule has 2 unspecified atom stereocenters. The van der Waals surface area contributed by atoms with E-state index in [-0.39, 0.29) is 5.41 Å². The van der Waals surface area contributed by atoms with Crippen molar-refractivity contribution in [2.24, 2.45) is 11.3 Å². The van der Waals surface area contributed by atoms with Crippen LogP contribution < -0.4 is 9.47 Å². The molecule has 2 rings (SSSR count). The largest absolute Gasteiger partial charge is 0.497 e. The Morgan fingerprint density at radius 2 is 2.08 bits per heavy atom. The molecular weight excluding hydrogens is 300 g/mol. The van der Waals surface area contributed by atoms with Crippen molar-refractivity contribution in [2.75, 3.05) is 14.2 Å². The van der Waals surface area contributed by atoms with Crippen LogP contribution >= 0.6 is 0 Å². The van der Waals surface area contributed by atoms with Crippen LogP contribution in [-0.4, -0.2) is 20.5 Å². The molecule has 0 radical (unpaired) electrons. The highest BCUT2D eigenvalue weighted by Crippen LogP contribution is 2.47. The molecule has 3 nitrogen and oxygen atoms in total. The molecule has 1 aromatic rings. The Morgan fingerprint density at radius 3 is 2.75 bits per heavy atom. The summed E-state index contributed by atoms with van der Waals surface area (Å²) in [5.41, 5.74) is 2.78. The predicted molar refractivity (Wildman–Crippen MR) is 97.8 cm³/mol. The number of rotatable bonds is 8. The maximum absolute atomic E-state index is 10.7. The molecule has 1 aromatic carbocycles. The molecule has 0 amide bonds. The quantitative estimate of drug-likeness (QED) is 0.383. The van der Waals surface area contributed by atoms with E-state index in [2.05, 4.69) is 26.0 Å². The van der Waals surface area contributed by atoms with E-state index >= 15 is 0 Å². The van der Waals surface area contributed by atoms with E-state index in [4.69, 9.17) is 9.47 Å². The lowest BCUT2D eigenvalue weighted by molar-refractivity contribution is -0.107. The number of hydrogen-bond acceptors (Lipinski definition) is 3. The van der Waals surface area contributed by atoms with Crippen LogP contribution in [0, 0.1) is 11.3 Å². The van der Waals surface area contributed by atoms with Gasteiger partial charge in [-0.15, -0.1) is 0 Å². The Balaban J connectivity index is 2.30. The van der Waals surface area contributed by atoms with E-state index in [1.54, 1.807) is 14.2 Å². The van der Waals surface area contributed by atoms with Gasteiger partial charge in [-0.3, -0.25) is 0 Å². The van der Waals surface area contributed by atoms with Crippen molar-refractivity contribution < 1.29 is 14.3 Å².